The molecule has 0 saturated carbocycles. The SMILES string of the molecule is O=C(CCCCCC#Cc1ccc(O)cc1)Nc1ccccc1. The van der Waals surface area contributed by atoms with Crippen molar-refractivity contribution in [2.24, 2.45) is 0 Å². The van der Waals surface area contributed by atoms with Gasteiger partial charge in [-0.05, 0) is 49.2 Å². The Balaban J connectivity index is 1.57. The van der Waals surface area contributed by atoms with Crippen molar-refractivity contribution in [3.8, 4) is 17.6 Å². The normalized spacial score (nSPS) is 9.74. The van der Waals surface area contributed by atoms with Crippen LogP contribution in [0.5, 0.6) is 5.75 Å². The van der Waals surface area contributed by atoms with E-state index in [-0.39, 0.29) is 11.7 Å². The zero-order valence-corrected chi connectivity index (χ0v) is 13.1. The minimum atomic E-state index is 0.0615. The number of aromatic hydroxyl groups is 1. The molecular weight excluding hydrogens is 286 g/mol. The highest BCUT2D eigenvalue weighted by molar-refractivity contribution is 5.90. The molecule has 3 nitrogen and oxygen atoms in total. The molecule has 0 bridgehead atoms. The second kappa shape index (κ2) is 9.32. The van der Waals surface area contributed by atoms with Crippen molar-refractivity contribution in [3.05, 3.63) is 60.2 Å². The number of phenolic OH excluding ortho intramolecular Hbond substituents is 1. The van der Waals surface area contributed by atoms with Crippen LogP contribution in [0.2, 0.25) is 0 Å². The van der Waals surface area contributed by atoms with Crippen LogP contribution in [0.3, 0.4) is 0 Å². The fraction of sp³-hybridized carbons (Fsp3) is 0.250. The third-order valence-electron chi connectivity index (χ3n) is 3.36. The van der Waals surface area contributed by atoms with Gasteiger partial charge in [-0.2, -0.15) is 0 Å². The molecular formula is C20H21NO2. The summed E-state index contributed by atoms with van der Waals surface area (Å²) in [6.45, 7) is 0. The first kappa shape index (κ1) is 16.6. The molecule has 3 heteroatoms. The highest BCUT2D eigenvalue weighted by atomic mass is 16.3. The predicted octanol–water partition coefficient (Wildman–Crippen LogP) is 4.33. The molecule has 0 heterocycles. The van der Waals surface area contributed by atoms with Crippen LogP contribution >= 0.6 is 0 Å². The van der Waals surface area contributed by atoms with E-state index in [1.807, 2.05) is 30.3 Å². The number of hydrogen-bond donors (Lipinski definition) is 2. The maximum Gasteiger partial charge on any atom is 0.224 e. The first-order valence-electron chi connectivity index (χ1n) is 7.87. The van der Waals surface area contributed by atoms with E-state index in [9.17, 15) is 9.90 Å². The quantitative estimate of drug-likeness (QED) is 0.616. The molecule has 2 rings (SSSR count). The predicted molar refractivity (Wildman–Crippen MR) is 93.1 cm³/mol. The number of amides is 1. The van der Waals surface area contributed by atoms with Gasteiger partial charge in [0.2, 0.25) is 5.91 Å². The number of rotatable bonds is 6. The highest BCUT2D eigenvalue weighted by Gasteiger charge is 2.01. The Kier molecular flexibility index (Phi) is 6.74. The minimum absolute atomic E-state index is 0.0615. The van der Waals surface area contributed by atoms with Gasteiger partial charge in [0.15, 0.2) is 0 Å². The Morgan fingerprint density at radius 2 is 1.70 bits per heavy atom. The second-order valence-electron chi connectivity index (χ2n) is 5.32. The zero-order valence-electron chi connectivity index (χ0n) is 13.1. The summed E-state index contributed by atoms with van der Waals surface area (Å²) in [6, 6.07) is 16.4. The summed E-state index contributed by atoms with van der Waals surface area (Å²) >= 11 is 0. The first-order valence-corrected chi connectivity index (χ1v) is 7.87. The Hall–Kier alpha value is -2.73. The van der Waals surface area contributed by atoms with Crippen LogP contribution in [0.1, 0.15) is 37.7 Å². The van der Waals surface area contributed by atoms with Crippen LogP contribution in [0, 0.1) is 11.8 Å². The van der Waals surface area contributed by atoms with Crippen molar-refractivity contribution in [1.29, 1.82) is 0 Å². The number of carbonyl (C=O) groups excluding carboxylic acids is 1. The number of carbonyl (C=O) groups is 1. The van der Waals surface area contributed by atoms with Gasteiger partial charge in [0.05, 0.1) is 0 Å². The lowest BCUT2D eigenvalue weighted by atomic mass is 10.1. The Labute approximate surface area is 137 Å². The average Bonchev–Trinajstić information content (AvgIpc) is 2.56. The van der Waals surface area contributed by atoms with Crippen LogP contribution in [-0.2, 0) is 4.79 Å². The van der Waals surface area contributed by atoms with E-state index in [1.165, 1.54) is 0 Å². The topological polar surface area (TPSA) is 49.3 Å². The summed E-state index contributed by atoms with van der Waals surface area (Å²) in [5.41, 5.74) is 1.75. The van der Waals surface area contributed by atoms with Gasteiger partial charge in [0, 0.05) is 24.1 Å². The van der Waals surface area contributed by atoms with Crippen molar-refractivity contribution < 1.29 is 9.90 Å². The van der Waals surface area contributed by atoms with Crippen molar-refractivity contribution in [3.63, 3.8) is 0 Å². The maximum atomic E-state index is 11.8. The third-order valence-corrected chi connectivity index (χ3v) is 3.36. The van der Waals surface area contributed by atoms with Crippen molar-refractivity contribution in [2.45, 2.75) is 32.1 Å². The lowest BCUT2D eigenvalue weighted by Crippen LogP contribution is -2.10. The maximum absolute atomic E-state index is 11.8. The third kappa shape index (κ3) is 6.71. The summed E-state index contributed by atoms with van der Waals surface area (Å²) < 4.78 is 0. The highest BCUT2D eigenvalue weighted by Crippen LogP contribution is 2.09. The molecule has 1 amide bonds. The van der Waals surface area contributed by atoms with E-state index in [0.29, 0.717) is 6.42 Å². The van der Waals surface area contributed by atoms with Gasteiger partial charge in [-0.15, -0.1) is 0 Å². The fourth-order valence-electron chi connectivity index (χ4n) is 2.13. The molecule has 0 atom stereocenters. The van der Waals surface area contributed by atoms with Crippen LogP contribution in [0.25, 0.3) is 0 Å². The van der Waals surface area contributed by atoms with E-state index < -0.39 is 0 Å². The van der Waals surface area contributed by atoms with Gasteiger partial charge in [-0.3, -0.25) is 4.79 Å². The number of benzene rings is 2. The van der Waals surface area contributed by atoms with E-state index in [1.54, 1.807) is 24.3 Å². The molecule has 0 saturated heterocycles. The molecule has 0 radical (unpaired) electrons. The molecule has 0 aliphatic carbocycles. The summed E-state index contributed by atoms with van der Waals surface area (Å²) in [7, 11) is 0. The molecule has 0 fully saturated rings. The number of nitrogens with one attached hydrogen (secondary N) is 1. The van der Waals surface area contributed by atoms with Crippen molar-refractivity contribution in [2.75, 3.05) is 5.32 Å². The largest absolute Gasteiger partial charge is 0.508 e. The molecule has 0 aliphatic heterocycles. The smallest absolute Gasteiger partial charge is 0.224 e. The van der Waals surface area contributed by atoms with Crippen molar-refractivity contribution in [1.82, 2.24) is 0 Å². The minimum Gasteiger partial charge on any atom is -0.508 e. The van der Waals surface area contributed by atoms with Gasteiger partial charge < -0.3 is 10.4 Å². The number of anilines is 1. The Morgan fingerprint density at radius 3 is 2.43 bits per heavy atom. The van der Waals surface area contributed by atoms with Gasteiger partial charge in [-0.25, -0.2) is 0 Å². The number of para-hydroxylation sites is 1. The number of hydrogen-bond acceptors (Lipinski definition) is 2. The standard InChI is InChI=1S/C20H21NO2/c22-19-15-13-17(14-16-19)9-5-2-1-3-8-12-20(23)21-18-10-6-4-7-11-18/h4,6-7,10-11,13-16,22H,1-3,8,12H2,(H,21,23). The monoisotopic (exact) mass is 307 g/mol. The van der Waals surface area contributed by atoms with Crippen LogP contribution in [0.15, 0.2) is 54.6 Å². The molecule has 2 aromatic carbocycles. The summed E-state index contributed by atoms with van der Waals surface area (Å²) in [6.07, 6.45) is 4.22. The Bertz CT molecular complexity index is 666. The molecule has 2 aromatic rings. The molecule has 118 valence electrons. The lowest BCUT2D eigenvalue weighted by molar-refractivity contribution is -0.116. The second-order valence-corrected chi connectivity index (χ2v) is 5.32. The Morgan fingerprint density at radius 1 is 0.957 bits per heavy atom. The van der Waals surface area contributed by atoms with E-state index >= 15 is 0 Å². The molecule has 0 aliphatic rings. The molecule has 0 aromatic heterocycles. The van der Waals surface area contributed by atoms with E-state index in [0.717, 1.165) is 36.9 Å². The number of unbranched alkanes of at least 4 members (excludes halogenated alkanes) is 3. The van der Waals surface area contributed by atoms with Gasteiger partial charge >= 0.3 is 0 Å². The molecule has 2 N–H and O–H groups in total. The molecule has 0 unspecified atom stereocenters. The zero-order chi connectivity index (χ0) is 16.3. The summed E-state index contributed by atoms with van der Waals surface area (Å²) in [5, 5.41) is 12.1. The van der Waals surface area contributed by atoms with Crippen LogP contribution in [-0.4, -0.2) is 11.0 Å². The van der Waals surface area contributed by atoms with Gasteiger partial charge in [0.1, 0.15) is 5.75 Å². The molecule has 23 heavy (non-hydrogen) atoms. The van der Waals surface area contributed by atoms with E-state index in [2.05, 4.69) is 17.2 Å². The van der Waals surface area contributed by atoms with Gasteiger partial charge in [-0.1, -0.05) is 36.5 Å². The lowest BCUT2D eigenvalue weighted by Gasteiger charge is -2.04. The fourth-order valence-corrected chi connectivity index (χ4v) is 2.13. The van der Waals surface area contributed by atoms with Crippen LogP contribution in [0.4, 0.5) is 5.69 Å². The summed E-state index contributed by atoms with van der Waals surface area (Å²) in [4.78, 5) is 11.8. The first-order chi connectivity index (χ1) is 11.2. The van der Waals surface area contributed by atoms with Crippen LogP contribution < -0.4 is 5.32 Å². The van der Waals surface area contributed by atoms with E-state index in [4.69, 9.17) is 0 Å². The van der Waals surface area contributed by atoms with Crippen molar-refractivity contribution >= 4 is 11.6 Å². The molecule has 0 spiro atoms. The number of phenols is 1. The summed E-state index contributed by atoms with van der Waals surface area (Å²) in [5.74, 6) is 6.50. The van der Waals surface area contributed by atoms with Gasteiger partial charge in [0.25, 0.3) is 0 Å². The average molecular weight is 307 g/mol.